The number of hydrogen-bond acceptors (Lipinski definition) is 6. The monoisotopic (exact) mass is 510 g/mol. The summed E-state index contributed by atoms with van der Waals surface area (Å²) in [5, 5.41) is 5.96. The Morgan fingerprint density at radius 3 is 2.86 bits per heavy atom. The first-order chi connectivity index (χ1) is 17.0. The predicted molar refractivity (Wildman–Crippen MR) is 140 cm³/mol. The van der Waals surface area contributed by atoms with Crippen molar-refractivity contribution in [1.29, 1.82) is 0 Å². The molecular formula is C26H27ClN4O3S. The van der Waals surface area contributed by atoms with Gasteiger partial charge in [-0.1, -0.05) is 23.7 Å². The number of carbonyl (C=O) groups is 1. The fourth-order valence-corrected chi connectivity index (χ4v) is 5.38. The molecule has 2 aromatic carbocycles. The molecule has 182 valence electrons. The SMILES string of the molecule is CCOC(=O)N1CCc2c([nH]c3ccc(Cl)cc23)C1c1ccc(OCCNc2ncc(C)s2)cc1. The second-order valence-corrected chi connectivity index (χ2v) is 10.0. The number of halogens is 1. The molecule has 0 bridgehead atoms. The van der Waals surface area contributed by atoms with E-state index in [1.165, 1.54) is 10.4 Å². The molecule has 5 rings (SSSR count). The van der Waals surface area contributed by atoms with Crippen molar-refractivity contribution in [3.63, 3.8) is 0 Å². The van der Waals surface area contributed by atoms with E-state index >= 15 is 0 Å². The molecule has 1 aliphatic heterocycles. The number of rotatable bonds is 7. The highest BCUT2D eigenvalue weighted by molar-refractivity contribution is 7.15. The molecule has 0 spiro atoms. The van der Waals surface area contributed by atoms with Crippen LogP contribution in [-0.2, 0) is 11.2 Å². The van der Waals surface area contributed by atoms with Crippen molar-refractivity contribution in [3.05, 3.63) is 75.4 Å². The zero-order valence-corrected chi connectivity index (χ0v) is 21.2. The van der Waals surface area contributed by atoms with Crippen molar-refractivity contribution < 1.29 is 14.3 Å². The Bertz CT molecular complexity index is 1330. The normalized spacial score (nSPS) is 15.2. The van der Waals surface area contributed by atoms with Crippen molar-refractivity contribution in [2.75, 3.05) is 31.6 Å². The number of H-pyrrole nitrogens is 1. The molecule has 0 radical (unpaired) electrons. The van der Waals surface area contributed by atoms with Crippen molar-refractivity contribution in [2.45, 2.75) is 26.3 Å². The van der Waals surface area contributed by atoms with Crippen LogP contribution in [-0.4, -0.2) is 47.3 Å². The van der Waals surface area contributed by atoms with Crippen LogP contribution in [0.4, 0.5) is 9.93 Å². The lowest BCUT2D eigenvalue weighted by atomic mass is 9.92. The molecule has 0 saturated heterocycles. The van der Waals surface area contributed by atoms with Gasteiger partial charge in [-0.2, -0.15) is 0 Å². The van der Waals surface area contributed by atoms with Crippen LogP contribution in [0.5, 0.6) is 5.75 Å². The van der Waals surface area contributed by atoms with E-state index in [0.717, 1.165) is 39.5 Å². The molecule has 0 aliphatic carbocycles. The number of anilines is 1. The summed E-state index contributed by atoms with van der Waals surface area (Å²) < 4.78 is 11.3. The molecule has 1 aliphatic rings. The molecule has 7 nitrogen and oxygen atoms in total. The smallest absolute Gasteiger partial charge is 0.410 e. The minimum absolute atomic E-state index is 0.284. The summed E-state index contributed by atoms with van der Waals surface area (Å²) in [6.45, 7) is 5.93. The Labute approximate surface area is 213 Å². The highest BCUT2D eigenvalue weighted by Crippen LogP contribution is 2.39. The van der Waals surface area contributed by atoms with Gasteiger partial charge < -0.3 is 19.8 Å². The van der Waals surface area contributed by atoms with Crippen LogP contribution in [0, 0.1) is 6.92 Å². The van der Waals surface area contributed by atoms with Gasteiger partial charge in [-0.3, -0.25) is 4.90 Å². The third kappa shape index (κ3) is 4.94. The molecule has 4 aromatic rings. The summed E-state index contributed by atoms with van der Waals surface area (Å²) in [5.74, 6) is 0.771. The topological polar surface area (TPSA) is 79.5 Å². The molecule has 0 fully saturated rings. The van der Waals surface area contributed by atoms with Crippen molar-refractivity contribution in [3.8, 4) is 5.75 Å². The first kappa shape index (κ1) is 23.5. The summed E-state index contributed by atoms with van der Waals surface area (Å²) in [5.41, 5.74) is 4.19. The van der Waals surface area contributed by atoms with Gasteiger partial charge in [-0.25, -0.2) is 9.78 Å². The highest BCUT2D eigenvalue weighted by Gasteiger charge is 2.35. The Morgan fingerprint density at radius 2 is 2.11 bits per heavy atom. The number of ether oxygens (including phenoxy) is 2. The maximum absolute atomic E-state index is 12.9. The van der Waals surface area contributed by atoms with Crippen LogP contribution >= 0.6 is 22.9 Å². The van der Waals surface area contributed by atoms with Crippen LogP contribution in [0.25, 0.3) is 10.9 Å². The fourth-order valence-electron chi connectivity index (χ4n) is 4.52. The Hall–Kier alpha value is -3.23. The Balaban J connectivity index is 1.36. The molecule has 35 heavy (non-hydrogen) atoms. The standard InChI is InChI=1S/C26H27ClN4O3S/c1-3-33-26(32)31-12-10-20-21-14-18(27)6-9-22(21)30-23(20)24(31)17-4-7-19(8-5-17)34-13-11-28-25-29-15-16(2)35-25/h4-9,14-15,24,30H,3,10-13H2,1-2H3,(H,28,29). The number of nitrogens with one attached hydrogen (secondary N) is 2. The maximum Gasteiger partial charge on any atom is 0.410 e. The number of thiazole rings is 1. The number of aromatic amines is 1. The van der Waals surface area contributed by atoms with E-state index in [-0.39, 0.29) is 12.1 Å². The molecule has 3 heterocycles. The minimum Gasteiger partial charge on any atom is -0.492 e. The largest absolute Gasteiger partial charge is 0.492 e. The number of carbonyl (C=O) groups excluding carboxylic acids is 1. The van der Waals surface area contributed by atoms with E-state index in [1.807, 2.05) is 62.5 Å². The van der Waals surface area contributed by atoms with Crippen LogP contribution in [0.3, 0.4) is 0 Å². The Morgan fingerprint density at radius 1 is 1.29 bits per heavy atom. The van der Waals surface area contributed by atoms with E-state index in [9.17, 15) is 4.79 Å². The van der Waals surface area contributed by atoms with Gasteiger partial charge in [0.25, 0.3) is 0 Å². The lowest BCUT2D eigenvalue weighted by Crippen LogP contribution is -2.40. The third-order valence-electron chi connectivity index (χ3n) is 6.06. The summed E-state index contributed by atoms with van der Waals surface area (Å²) >= 11 is 7.90. The molecule has 1 amide bonds. The van der Waals surface area contributed by atoms with Gasteiger partial charge in [0.15, 0.2) is 5.13 Å². The lowest BCUT2D eigenvalue weighted by Gasteiger charge is -2.35. The van der Waals surface area contributed by atoms with Gasteiger partial charge in [0.1, 0.15) is 18.4 Å². The zero-order chi connectivity index (χ0) is 24.4. The molecule has 1 atom stereocenters. The van der Waals surface area contributed by atoms with Gasteiger partial charge in [0, 0.05) is 39.2 Å². The van der Waals surface area contributed by atoms with Gasteiger partial charge in [-0.05, 0) is 61.7 Å². The van der Waals surface area contributed by atoms with Crippen LogP contribution in [0.15, 0.2) is 48.7 Å². The number of aromatic nitrogens is 2. The number of nitrogens with zero attached hydrogens (tertiary/aromatic N) is 2. The summed E-state index contributed by atoms with van der Waals surface area (Å²) in [7, 11) is 0. The second-order valence-electron chi connectivity index (χ2n) is 8.37. The van der Waals surface area contributed by atoms with Crippen LogP contribution in [0.1, 0.15) is 34.7 Å². The average molecular weight is 511 g/mol. The number of benzene rings is 2. The lowest BCUT2D eigenvalue weighted by molar-refractivity contribution is 0.0932. The predicted octanol–water partition coefficient (Wildman–Crippen LogP) is 6.18. The van der Waals surface area contributed by atoms with E-state index in [4.69, 9.17) is 21.1 Å². The number of aryl methyl sites for hydroxylation is 1. The number of amides is 1. The zero-order valence-electron chi connectivity index (χ0n) is 19.6. The quantitative estimate of drug-likeness (QED) is 0.290. The summed E-state index contributed by atoms with van der Waals surface area (Å²) in [6.07, 6.45) is 2.27. The summed E-state index contributed by atoms with van der Waals surface area (Å²) in [4.78, 5) is 23.7. The molecule has 1 unspecified atom stereocenters. The first-order valence-corrected chi connectivity index (χ1v) is 12.9. The molecule has 2 aromatic heterocycles. The van der Waals surface area contributed by atoms with E-state index < -0.39 is 0 Å². The third-order valence-corrected chi connectivity index (χ3v) is 7.16. The molecule has 9 heteroatoms. The van der Waals surface area contributed by atoms with Crippen molar-refractivity contribution in [2.24, 2.45) is 0 Å². The van der Waals surface area contributed by atoms with E-state index in [0.29, 0.717) is 31.3 Å². The first-order valence-electron chi connectivity index (χ1n) is 11.7. The molecule has 0 saturated carbocycles. The van der Waals surface area contributed by atoms with Gasteiger partial charge in [0.2, 0.25) is 0 Å². The van der Waals surface area contributed by atoms with Gasteiger partial charge >= 0.3 is 6.09 Å². The van der Waals surface area contributed by atoms with Crippen LogP contribution in [0.2, 0.25) is 5.02 Å². The maximum atomic E-state index is 12.9. The Kier molecular flexibility index (Phi) is 6.83. The number of hydrogen-bond donors (Lipinski definition) is 2. The minimum atomic E-state index is -0.316. The highest BCUT2D eigenvalue weighted by atomic mass is 35.5. The second kappa shape index (κ2) is 10.2. The van der Waals surface area contributed by atoms with Crippen molar-refractivity contribution in [1.82, 2.24) is 14.9 Å². The molecular weight excluding hydrogens is 484 g/mol. The van der Waals surface area contributed by atoms with E-state index in [2.05, 4.69) is 15.3 Å². The van der Waals surface area contributed by atoms with Crippen molar-refractivity contribution >= 4 is 45.1 Å². The average Bonchev–Trinajstić information content (AvgIpc) is 3.44. The fraction of sp³-hybridized carbons (Fsp3) is 0.308. The van der Waals surface area contributed by atoms with Gasteiger partial charge in [0.05, 0.1) is 13.2 Å². The van der Waals surface area contributed by atoms with E-state index in [1.54, 1.807) is 16.2 Å². The van der Waals surface area contributed by atoms with Crippen LogP contribution < -0.4 is 10.1 Å². The van der Waals surface area contributed by atoms with Gasteiger partial charge in [-0.15, -0.1) is 11.3 Å². The summed E-state index contributed by atoms with van der Waals surface area (Å²) in [6, 6.07) is 13.5. The number of fused-ring (bicyclic) bond motifs is 3. The molecule has 2 N–H and O–H groups in total.